The van der Waals surface area contributed by atoms with Crippen molar-refractivity contribution in [1.29, 1.82) is 0 Å². The van der Waals surface area contributed by atoms with Gasteiger partial charge in [-0.2, -0.15) is 4.31 Å². The Morgan fingerprint density at radius 3 is 2.15 bits per heavy atom. The number of benzene rings is 2. The van der Waals surface area contributed by atoms with Gasteiger partial charge < -0.3 is 4.90 Å². The molecule has 1 saturated heterocycles. The highest BCUT2D eigenvalue weighted by Gasteiger charge is 2.30. The minimum Gasteiger partial charge on any atom is -0.340 e. The number of amides is 1. The van der Waals surface area contributed by atoms with E-state index in [0.717, 1.165) is 5.56 Å². The van der Waals surface area contributed by atoms with Gasteiger partial charge in [0.25, 0.3) is 0 Å². The fraction of sp³-hybridized carbons (Fsp3) is 0.364. The van der Waals surface area contributed by atoms with Crippen LogP contribution in [0.15, 0.2) is 58.3 Å². The Labute approximate surface area is 194 Å². The van der Waals surface area contributed by atoms with Gasteiger partial charge in [-0.15, -0.1) is 0 Å². The van der Waals surface area contributed by atoms with E-state index in [4.69, 9.17) is 0 Å². The summed E-state index contributed by atoms with van der Waals surface area (Å²) < 4.78 is 54.2. The number of ketones is 1. The van der Waals surface area contributed by atoms with Crippen molar-refractivity contribution in [2.45, 2.75) is 30.1 Å². The number of nitrogens with one attached hydrogen (secondary N) is 1. The van der Waals surface area contributed by atoms with E-state index in [9.17, 15) is 26.4 Å². The molecule has 0 atom stereocenters. The van der Waals surface area contributed by atoms with E-state index in [1.807, 2.05) is 6.92 Å². The zero-order valence-electron chi connectivity index (χ0n) is 18.5. The first-order valence-corrected chi connectivity index (χ1v) is 13.4. The number of hydrogen-bond acceptors (Lipinski definition) is 6. The average molecular weight is 494 g/mol. The van der Waals surface area contributed by atoms with Crippen molar-refractivity contribution < 1.29 is 26.4 Å². The van der Waals surface area contributed by atoms with Crippen LogP contribution in [-0.4, -0.2) is 70.5 Å². The Balaban J connectivity index is 1.52. The molecule has 0 spiro atoms. The maximum absolute atomic E-state index is 12.8. The van der Waals surface area contributed by atoms with Crippen LogP contribution < -0.4 is 4.72 Å². The van der Waals surface area contributed by atoms with E-state index >= 15 is 0 Å². The topological polar surface area (TPSA) is 121 Å². The normalized spacial score (nSPS) is 15.4. The third-order valence-corrected chi connectivity index (χ3v) is 8.80. The molecule has 0 saturated carbocycles. The van der Waals surface area contributed by atoms with Gasteiger partial charge in [0.05, 0.1) is 9.79 Å². The minimum atomic E-state index is -3.87. The number of rotatable bonds is 8. The lowest BCUT2D eigenvalue weighted by atomic mass is 10.2. The highest BCUT2D eigenvalue weighted by molar-refractivity contribution is 7.89. The van der Waals surface area contributed by atoms with Crippen LogP contribution in [0.1, 0.15) is 29.3 Å². The molecular formula is C22H27N3O6S2. The molecule has 33 heavy (non-hydrogen) atoms. The smallest absolute Gasteiger partial charge is 0.243 e. The van der Waals surface area contributed by atoms with E-state index in [2.05, 4.69) is 4.72 Å². The first-order valence-electron chi connectivity index (χ1n) is 10.5. The molecule has 9 nitrogen and oxygen atoms in total. The number of carbonyl (C=O) groups is 2. The van der Waals surface area contributed by atoms with Crippen molar-refractivity contribution in [3.63, 3.8) is 0 Å². The van der Waals surface area contributed by atoms with Gasteiger partial charge in [-0.3, -0.25) is 9.59 Å². The van der Waals surface area contributed by atoms with Crippen LogP contribution in [0.3, 0.4) is 0 Å². The number of piperazine rings is 1. The van der Waals surface area contributed by atoms with Crippen LogP contribution in [0, 0.1) is 6.92 Å². The highest BCUT2D eigenvalue weighted by atomic mass is 32.2. The predicted molar refractivity (Wildman–Crippen MR) is 123 cm³/mol. The molecule has 1 amide bonds. The number of nitrogens with zero attached hydrogens (tertiary/aromatic N) is 2. The highest BCUT2D eigenvalue weighted by Crippen LogP contribution is 2.18. The molecule has 1 aliphatic rings. The van der Waals surface area contributed by atoms with Crippen molar-refractivity contribution in [2.75, 3.05) is 32.7 Å². The monoisotopic (exact) mass is 493 g/mol. The maximum atomic E-state index is 12.8. The van der Waals surface area contributed by atoms with Crippen LogP contribution in [0.25, 0.3) is 0 Å². The molecule has 0 aliphatic carbocycles. The van der Waals surface area contributed by atoms with Crippen molar-refractivity contribution in [3.05, 3.63) is 59.7 Å². The molecule has 178 valence electrons. The van der Waals surface area contributed by atoms with E-state index in [1.165, 1.54) is 40.4 Å². The van der Waals surface area contributed by atoms with E-state index in [1.54, 1.807) is 24.3 Å². The molecule has 3 rings (SSSR count). The molecule has 2 aromatic carbocycles. The number of carbonyl (C=O) groups excluding carboxylic acids is 2. The molecule has 1 N–H and O–H groups in total. The van der Waals surface area contributed by atoms with E-state index < -0.39 is 20.0 Å². The maximum Gasteiger partial charge on any atom is 0.243 e. The van der Waals surface area contributed by atoms with Gasteiger partial charge in [-0.1, -0.05) is 29.8 Å². The summed E-state index contributed by atoms with van der Waals surface area (Å²) in [5, 5.41) is 0. The molecule has 2 aromatic rings. The van der Waals surface area contributed by atoms with Gasteiger partial charge in [0.1, 0.15) is 0 Å². The van der Waals surface area contributed by atoms with Crippen LogP contribution >= 0.6 is 0 Å². The Bertz CT molecular complexity index is 1230. The number of aryl methyl sites for hydroxylation is 1. The Morgan fingerprint density at radius 2 is 1.55 bits per heavy atom. The second-order valence-electron chi connectivity index (χ2n) is 7.83. The Morgan fingerprint density at radius 1 is 0.909 bits per heavy atom. The van der Waals surface area contributed by atoms with E-state index in [0.29, 0.717) is 0 Å². The summed E-state index contributed by atoms with van der Waals surface area (Å²) in [5.74, 6) is -0.506. The van der Waals surface area contributed by atoms with Gasteiger partial charge in [0.15, 0.2) is 5.78 Å². The van der Waals surface area contributed by atoms with Gasteiger partial charge in [-0.25, -0.2) is 21.6 Å². The molecule has 1 heterocycles. The van der Waals surface area contributed by atoms with Crippen LogP contribution in [-0.2, 0) is 24.8 Å². The Hall–Kier alpha value is -2.60. The summed E-state index contributed by atoms with van der Waals surface area (Å²) in [6.45, 7) is 3.94. The van der Waals surface area contributed by atoms with Crippen molar-refractivity contribution in [3.8, 4) is 0 Å². The molecule has 1 fully saturated rings. The zero-order valence-corrected chi connectivity index (χ0v) is 20.2. The van der Waals surface area contributed by atoms with Gasteiger partial charge in [0, 0.05) is 44.7 Å². The van der Waals surface area contributed by atoms with Crippen LogP contribution in [0.2, 0.25) is 0 Å². The fourth-order valence-electron chi connectivity index (χ4n) is 3.45. The van der Waals surface area contributed by atoms with Gasteiger partial charge in [-0.05, 0) is 38.1 Å². The number of hydrogen-bond donors (Lipinski definition) is 1. The van der Waals surface area contributed by atoms with Gasteiger partial charge in [0.2, 0.25) is 26.0 Å². The molecule has 0 bridgehead atoms. The SMILES string of the molecule is CC(=O)c1cccc(S(=O)(=O)NCCC(=O)N2CCN(S(=O)(=O)c3ccc(C)cc3)CC2)c1. The number of Topliss-reactive ketones (excluding diaryl/α,β-unsaturated/α-hetero) is 1. The lowest BCUT2D eigenvalue weighted by Crippen LogP contribution is -2.50. The largest absolute Gasteiger partial charge is 0.340 e. The Kier molecular flexibility index (Phi) is 7.68. The third kappa shape index (κ3) is 6.05. The molecule has 1 aliphatic heterocycles. The summed E-state index contributed by atoms with van der Waals surface area (Å²) >= 11 is 0. The molecule has 0 unspecified atom stereocenters. The van der Waals surface area contributed by atoms with Crippen LogP contribution in [0.4, 0.5) is 0 Å². The first-order chi connectivity index (χ1) is 15.5. The summed E-state index contributed by atoms with van der Waals surface area (Å²) in [6, 6.07) is 12.3. The van der Waals surface area contributed by atoms with Crippen molar-refractivity contribution >= 4 is 31.7 Å². The standard InChI is InChI=1S/C22H27N3O6S2/c1-17-6-8-20(9-7-17)33(30,31)25-14-12-24(13-15-25)22(27)10-11-23-32(28,29)21-5-3-4-19(16-21)18(2)26/h3-9,16,23H,10-15H2,1-2H3. The van der Waals surface area contributed by atoms with Gasteiger partial charge >= 0.3 is 0 Å². The van der Waals surface area contributed by atoms with Crippen molar-refractivity contribution in [1.82, 2.24) is 13.9 Å². The number of sulfonamides is 2. The molecular weight excluding hydrogens is 466 g/mol. The molecule has 0 radical (unpaired) electrons. The van der Waals surface area contributed by atoms with Crippen LogP contribution in [0.5, 0.6) is 0 Å². The summed E-state index contributed by atoms with van der Waals surface area (Å²) in [4.78, 5) is 25.7. The average Bonchev–Trinajstić information content (AvgIpc) is 2.79. The second-order valence-corrected chi connectivity index (χ2v) is 11.5. The second kappa shape index (κ2) is 10.1. The quantitative estimate of drug-likeness (QED) is 0.555. The third-order valence-electron chi connectivity index (χ3n) is 5.43. The van der Waals surface area contributed by atoms with Crippen molar-refractivity contribution in [2.24, 2.45) is 0 Å². The molecule has 0 aromatic heterocycles. The minimum absolute atomic E-state index is 0.0439. The predicted octanol–water partition coefficient (Wildman–Crippen LogP) is 1.40. The van der Waals surface area contributed by atoms with E-state index in [-0.39, 0.29) is 66.2 Å². The first kappa shape index (κ1) is 25.0. The zero-order chi connectivity index (χ0) is 24.2. The lowest BCUT2D eigenvalue weighted by molar-refractivity contribution is -0.132. The lowest BCUT2D eigenvalue weighted by Gasteiger charge is -2.34. The fourth-order valence-corrected chi connectivity index (χ4v) is 5.95. The molecule has 11 heteroatoms. The summed E-state index contributed by atoms with van der Waals surface area (Å²) in [7, 11) is -7.49. The summed E-state index contributed by atoms with van der Waals surface area (Å²) in [5.41, 5.74) is 1.25. The summed E-state index contributed by atoms with van der Waals surface area (Å²) in [6.07, 6.45) is -0.0592.